The number of nitrogens with zero attached hydrogens (tertiary/aromatic N) is 1. The fourth-order valence-corrected chi connectivity index (χ4v) is 3.13. The Morgan fingerprint density at radius 1 is 1.37 bits per heavy atom. The van der Waals surface area contributed by atoms with Gasteiger partial charge in [0, 0.05) is 35.9 Å². The Morgan fingerprint density at radius 3 is 2.53 bits per heavy atom. The quantitative estimate of drug-likeness (QED) is 0.938. The van der Waals surface area contributed by atoms with Crippen molar-refractivity contribution >= 4 is 20.7 Å². The van der Waals surface area contributed by atoms with Crippen LogP contribution in [0.5, 0.6) is 0 Å². The van der Waals surface area contributed by atoms with Crippen LogP contribution in [0.25, 0.3) is 10.9 Å². The standard InChI is InChI=1S/C14H20N2O2S/c1-5-12(15)14-9(2)16(3)13-7-6-10(8-11(13)14)19(4,17)18/h6-8,12H,5,15H2,1-4H3. The fraction of sp³-hybridized carbons (Fsp3) is 0.429. The van der Waals surface area contributed by atoms with Crippen molar-refractivity contribution in [3.8, 4) is 0 Å². The minimum atomic E-state index is -3.20. The molecular formula is C14H20N2O2S. The van der Waals surface area contributed by atoms with Crippen LogP contribution in [0.1, 0.15) is 30.6 Å². The Kier molecular flexibility index (Phi) is 3.45. The van der Waals surface area contributed by atoms with Crippen LogP contribution in [0.3, 0.4) is 0 Å². The minimum Gasteiger partial charge on any atom is -0.348 e. The number of sulfone groups is 1. The van der Waals surface area contributed by atoms with Crippen LogP contribution in [0.15, 0.2) is 23.1 Å². The van der Waals surface area contributed by atoms with E-state index in [1.165, 1.54) is 6.26 Å². The number of aromatic nitrogens is 1. The van der Waals surface area contributed by atoms with Gasteiger partial charge in [-0.2, -0.15) is 0 Å². The van der Waals surface area contributed by atoms with Crippen LogP contribution < -0.4 is 5.73 Å². The van der Waals surface area contributed by atoms with Crippen molar-refractivity contribution in [3.63, 3.8) is 0 Å². The summed E-state index contributed by atoms with van der Waals surface area (Å²) in [6.45, 7) is 4.05. The Balaban J connectivity index is 2.84. The van der Waals surface area contributed by atoms with E-state index in [-0.39, 0.29) is 6.04 Å². The number of fused-ring (bicyclic) bond motifs is 1. The Bertz CT molecular complexity index is 729. The first-order chi connectivity index (χ1) is 8.77. The Labute approximate surface area is 114 Å². The first-order valence-corrected chi connectivity index (χ1v) is 8.21. The van der Waals surface area contributed by atoms with Gasteiger partial charge in [-0.3, -0.25) is 0 Å². The topological polar surface area (TPSA) is 65.1 Å². The molecule has 104 valence electrons. The average molecular weight is 280 g/mol. The van der Waals surface area contributed by atoms with Crippen LogP contribution in [0.2, 0.25) is 0 Å². The molecule has 2 rings (SSSR count). The average Bonchev–Trinajstić information content (AvgIpc) is 2.60. The van der Waals surface area contributed by atoms with Crippen LogP contribution in [-0.2, 0) is 16.9 Å². The van der Waals surface area contributed by atoms with Crippen molar-refractivity contribution in [1.29, 1.82) is 0 Å². The molecule has 19 heavy (non-hydrogen) atoms. The van der Waals surface area contributed by atoms with Gasteiger partial charge >= 0.3 is 0 Å². The second-order valence-electron chi connectivity index (χ2n) is 5.02. The van der Waals surface area contributed by atoms with Crippen LogP contribution in [0.4, 0.5) is 0 Å². The summed E-state index contributed by atoms with van der Waals surface area (Å²) >= 11 is 0. The predicted molar refractivity (Wildman–Crippen MR) is 78.0 cm³/mol. The fourth-order valence-electron chi connectivity index (χ4n) is 2.48. The van der Waals surface area contributed by atoms with Crippen molar-refractivity contribution in [2.45, 2.75) is 31.2 Å². The molecule has 0 aliphatic heterocycles. The van der Waals surface area contributed by atoms with Gasteiger partial charge in [-0.25, -0.2) is 8.42 Å². The van der Waals surface area contributed by atoms with E-state index in [1.54, 1.807) is 12.1 Å². The van der Waals surface area contributed by atoms with Crippen molar-refractivity contribution < 1.29 is 8.42 Å². The summed E-state index contributed by atoms with van der Waals surface area (Å²) in [5, 5.41) is 0.942. The zero-order valence-corrected chi connectivity index (χ0v) is 12.6. The number of hydrogen-bond donors (Lipinski definition) is 1. The van der Waals surface area contributed by atoms with Gasteiger partial charge in [-0.1, -0.05) is 6.92 Å². The van der Waals surface area contributed by atoms with E-state index in [2.05, 4.69) is 4.57 Å². The van der Waals surface area contributed by atoms with Gasteiger partial charge in [-0.05, 0) is 37.1 Å². The predicted octanol–water partition coefficient (Wildman–Crippen LogP) is 2.30. The summed E-state index contributed by atoms with van der Waals surface area (Å²) in [6, 6.07) is 5.17. The maximum atomic E-state index is 11.7. The van der Waals surface area contributed by atoms with Gasteiger partial charge in [0.05, 0.1) is 4.90 Å². The molecule has 4 nitrogen and oxygen atoms in total. The molecule has 0 aliphatic rings. The summed E-state index contributed by atoms with van der Waals surface area (Å²) in [6.07, 6.45) is 2.05. The summed E-state index contributed by atoms with van der Waals surface area (Å²) in [7, 11) is -1.22. The van der Waals surface area contributed by atoms with E-state index in [0.717, 1.165) is 28.6 Å². The lowest BCUT2D eigenvalue weighted by atomic mass is 10.0. The zero-order chi connectivity index (χ0) is 14.4. The molecule has 1 unspecified atom stereocenters. The van der Waals surface area contributed by atoms with Crippen LogP contribution in [0, 0.1) is 6.92 Å². The highest BCUT2D eigenvalue weighted by Crippen LogP contribution is 2.31. The molecule has 0 amide bonds. The molecule has 0 radical (unpaired) electrons. The maximum Gasteiger partial charge on any atom is 0.175 e. The van der Waals surface area contributed by atoms with Crippen molar-refractivity contribution in [2.75, 3.05) is 6.26 Å². The molecule has 1 atom stereocenters. The maximum absolute atomic E-state index is 11.7. The Morgan fingerprint density at radius 2 is 2.00 bits per heavy atom. The molecule has 2 N–H and O–H groups in total. The zero-order valence-electron chi connectivity index (χ0n) is 11.8. The van der Waals surface area contributed by atoms with Crippen LogP contribution >= 0.6 is 0 Å². The molecule has 0 saturated carbocycles. The molecular weight excluding hydrogens is 260 g/mol. The molecule has 1 heterocycles. The molecule has 0 spiro atoms. The van der Waals surface area contributed by atoms with E-state index in [0.29, 0.717) is 4.90 Å². The molecule has 0 saturated heterocycles. The second-order valence-corrected chi connectivity index (χ2v) is 7.04. The lowest BCUT2D eigenvalue weighted by Gasteiger charge is -2.10. The highest BCUT2D eigenvalue weighted by Gasteiger charge is 2.18. The van der Waals surface area contributed by atoms with E-state index in [4.69, 9.17) is 5.73 Å². The normalized spacial score (nSPS) is 13.9. The van der Waals surface area contributed by atoms with Crippen molar-refractivity contribution in [1.82, 2.24) is 4.57 Å². The third-order valence-corrected chi connectivity index (χ3v) is 4.86. The van der Waals surface area contributed by atoms with E-state index >= 15 is 0 Å². The second kappa shape index (κ2) is 4.65. The minimum absolute atomic E-state index is 0.0708. The van der Waals surface area contributed by atoms with Gasteiger partial charge in [0.2, 0.25) is 0 Å². The number of hydrogen-bond acceptors (Lipinski definition) is 3. The van der Waals surface area contributed by atoms with E-state index in [9.17, 15) is 8.42 Å². The Hall–Kier alpha value is -1.33. The summed E-state index contributed by atoms with van der Waals surface area (Å²) in [4.78, 5) is 0.343. The number of aryl methyl sites for hydroxylation is 1. The van der Waals surface area contributed by atoms with Gasteiger partial charge < -0.3 is 10.3 Å². The van der Waals surface area contributed by atoms with Gasteiger partial charge in [0.25, 0.3) is 0 Å². The monoisotopic (exact) mass is 280 g/mol. The number of nitrogens with two attached hydrogens (primary N) is 1. The van der Waals surface area contributed by atoms with Gasteiger partial charge in [0.15, 0.2) is 9.84 Å². The summed E-state index contributed by atoms with van der Waals surface area (Å²) in [5.74, 6) is 0. The molecule has 0 bridgehead atoms. The van der Waals surface area contributed by atoms with Crippen molar-refractivity contribution in [2.24, 2.45) is 12.8 Å². The van der Waals surface area contributed by atoms with Gasteiger partial charge in [-0.15, -0.1) is 0 Å². The first-order valence-electron chi connectivity index (χ1n) is 6.32. The molecule has 2 aromatic rings. The smallest absolute Gasteiger partial charge is 0.175 e. The number of rotatable bonds is 3. The third kappa shape index (κ3) is 2.28. The molecule has 0 aliphatic carbocycles. The van der Waals surface area contributed by atoms with Crippen molar-refractivity contribution in [3.05, 3.63) is 29.5 Å². The molecule has 1 aromatic carbocycles. The third-order valence-electron chi connectivity index (χ3n) is 3.75. The largest absolute Gasteiger partial charge is 0.348 e. The number of benzene rings is 1. The van der Waals surface area contributed by atoms with E-state index < -0.39 is 9.84 Å². The SMILES string of the molecule is CCC(N)c1c(C)n(C)c2ccc(S(C)(=O)=O)cc12. The lowest BCUT2D eigenvalue weighted by molar-refractivity contribution is 0.602. The lowest BCUT2D eigenvalue weighted by Crippen LogP contribution is -2.10. The molecule has 1 aromatic heterocycles. The van der Waals surface area contributed by atoms with E-state index in [1.807, 2.05) is 27.0 Å². The highest BCUT2D eigenvalue weighted by molar-refractivity contribution is 7.90. The molecule has 0 fully saturated rings. The highest BCUT2D eigenvalue weighted by atomic mass is 32.2. The summed E-state index contributed by atoms with van der Waals surface area (Å²) in [5.41, 5.74) is 9.33. The van der Waals surface area contributed by atoms with Crippen LogP contribution in [-0.4, -0.2) is 19.2 Å². The molecule has 5 heteroatoms. The van der Waals surface area contributed by atoms with Gasteiger partial charge in [0.1, 0.15) is 0 Å². The summed E-state index contributed by atoms with van der Waals surface area (Å²) < 4.78 is 25.4. The first kappa shape index (κ1) is 14.1.